The van der Waals surface area contributed by atoms with E-state index < -0.39 is 11.7 Å². The third kappa shape index (κ3) is 2.75. The minimum Gasteiger partial charge on any atom is -0.495 e. The number of halogens is 2. The molecule has 1 N–H and O–H groups in total. The molecule has 0 unspecified atom stereocenters. The monoisotopic (exact) mass is 333 g/mol. The molecule has 0 fully saturated rings. The molecule has 0 spiro atoms. The van der Waals surface area contributed by atoms with Gasteiger partial charge in [0.05, 0.1) is 12.8 Å². The maximum absolute atomic E-state index is 13.8. The van der Waals surface area contributed by atoms with Crippen LogP contribution in [0.4, 0.5) is 10.1 Å². The summed E-state index contributed by atoms with van der Waals surface area (Å²) in [6.45, 7) is 1.70. The van der Waals surface area contributed by atoms with E-state index in [2.05, 4.69) is 5.32 Å². The number of carbonyl (C=O) groups excluding carboxylic acids is 1. The van der Waals surface area contributed by atoms with Crippen molar-refractivity contribution < 1.29 is 18.3 Å². The SMILES string of the molecule is COc1ccc(Cl)cc1NC(=O)c1oc2c(F)cccc2c1C. The first-order valence-corrected chi connectivity index (χ1v) is 7.21. The molecule has 0 atom stereocenters. The molecule has 2 aromatic carbocycles. The molecule has 3 rings (SSSR count). The molecular weight excluding hydrogens is 321 g/mol. The Balaban J connectivity index is 2.00. The average Bonchev–Trinajstić information content (AvgIpc) is 2.86. The predicted molar refractivity (Wildman–Crippen MR) is 86.9 cm³/mol. The number of methoxy groups -OCH3 is 1. The van der Waals surface area contributed by atoms with Crippen LogP contribution in [0.25, 0.3) is 11.0 Å². The van der Waals surface area contributed by atoms with Crippen molar-refractivity contribution in [1.29, 1.82) is 0 Å². The van der Waals surface area contributed by atoms with Gasteiger partial charge in [0.25, 0.3) is 5.91 Å². The molecule has 0 aliphatic carbocycles. The fourth-order valence-corrected chi connectivity index (χ4v) is 2.55. The van der Waals surface area contributed by atoms with Crippen LogP contribution < -0.4 is 10.1 Å². The standard InChI is InChI=1S/C17H13ClFNO3/c1-9-11-4-3-5-12(19)16(11)23-15(9)17(21)20-13-8-10(18)6-7-14(13)22-2/h3-8H,1-2H3,(H,20,21). The quantitative estimate of drug-likeness (QED) is 0.749. The van der Waals surface area contributed by atoms with Gasteiger partial charge >= 0.3 is 0 Å². The largest absolute Gasteiger partial charge is 0.495 e. The van der Waals surface area contributed by atoms with E-state index in [0.717, 1.165) is 0 Å². The van der Waals surface area contributed by atoms with Crippen molar-refractivity contribution in [2.24, 2.45) is 0 Å². The topological polar surface area (TPSA) is 51.5 Å². The van der Waals surface area contributed by atoms with Gasteiger partial charge in [0.1, 0.15) is 5.75 Å². The van der Waals surface area contributed by atoms with Gasteiger partial charge in [-0.3, -0.25) is 4.79 Å². The number of hydrogen-bond donors (Lipinski definition) is 1. The summed E-state index contributed by atoms with van der Waals surface area (Å²) in [4.78, 5) is 12.5. The molecule has 0 saturated carbocycles. The number of ether oxygens (including phenoxy) is 1. The fourth-order valence-electron chi connectivity index (χ4n) is 2.38. The molecule has 23 heavy (non-hydrogen) atoms. The van der Waals surface area contributed by atoms with Gasteiger partial charge < -0.3 is 14.5 Å². The van der Waals surface area contributed by atoms with Gasteiger partial charge in [-0.2, -0.15) is 0 Å². The van der Waals surface area contributed by atoms with Crippen molar-refractivity contribution in [3.05, 3.63) is 58.6 Å². The minimum atomic E-state index is -0.509. The average molecular weight is 334 g/mol. The van der Waals surface area contributed by atoms with Crippen molar-refractivity contribution >= 4 is 34.2 Å². The van der Waals surface area contributed by atoms with Gasteiger partial charge in [-0.15, -0.1) is 0 Å². The van der Waals surface area contributed by atoms with Crippen molar-refractivity contribution in [1.82, 2.24) is 0 Å². The van der Waals surface area contributed by atoms with Crippen LogP contribution in [0.3, 0.4) is 0 Å². The molecule has 118 valence electrons. The van der Waals surface area contributed by atoms with Gasteiger partial charge in [-0.1, -0.05) is 23.7 Å². The lowest BCUT2D eigenvalue weighted by molar-refractivity contribution is 0.0997. The van der Waals surface area contributed by atoms with E-state index in [0.29, 0.717) is 27.4 Å². The van der Waals surface area contributed by atoms with E-state index in [1.54, 1.807) is 37.3 Å². The number of rotatable bonds is 3. The zero-order chi connectivity index (χ0) is 16.6. The van der Waals surface area contributed by atoms with Crippen molar-refractivity contribution in [2.45, 2.75) is 6.92 Å². The Morgan fingerprint density at radius 1 is 1.30 bits per heavy atom. The molecule has 4 nitrogen and oxygen atoms in total. The van der Waals surface area contributed by atoms with Crippen LogP contribution >= 0.6 is 11.6 Å². The highest BCUT2D eigenvalue weighted by atomic mass is 35.5. The summed E-state index contributed by atoms with van der Waals surface area (Å²) in [5.41, 5.74) is 1.04. The number of amides is 1. The molecule has 6 heteroatoms. The van der Waals surface area contributed by atoms with E-state index in [9.17, 15) is 9.18 Å². The third-order valence-electron chi connectivity index (χ3n) is 3.53. The summed E-state index contributed by atoms with van der Waals surface area (Å²) in [6, 6.07) is 9.42. The Bertz CT molecular complexity index is 904. The Hall–Kier alpha value is -2.53. The number of furan rings is 1. The molecule has 0 bridgehead atoms. The first-order chi connectivity index (χ1) is 11.0. The summed E-state index contributed by atoms with van der Waals surface area (Å²) in [5.74, 6) is -0.501. The van der Waals surface area contributed by atoms with Crippen molar-refractivity contribution in [3.63, 3.8) is 0 Å². The molecule has 1 amide bonds. The lowest BCUT2D eigenvalue weighted by atomic mass is 10.1. The predicted octanol–water partition coefficient (Wildman–Crippen LogP) is 4.79. The number of hydrogen-bond acceptors (Lipinski definition) is 3. The fraction of sp³-hybridized carbons (Fsp3) is 0.118. The number of carbonyl (C=O) groups is 1. The Morgan fingerprint density at radius 2 is 2.09 bits per heavy atom. The van der Waals surface area contributed by atoms with Crippen LogP contribution in [0.5, 0.6) is 5.75 Å². The second kappa shape index (κ2) is 5.93. The number of benzene rings is 2. The lowest BCUT2D eigenvalue weighted by Crippen LogP contribution is -2.12. The minimum absolute atomic E-state index is 0.0483. The van der Waals surface area contributed by atoms with Gasteiger partial charge in [0.2, 0.25) is 0 Å². The van der Waals surface area contributed by atoms with Crippen LogP contribution in [0, 0.1) is 12.7 Å². The smallest absolute Gasteiger partial charge is 0.291 e. The maximum Gasteiger partial charge on any atom is 0.291 e. The van der Waals surface area contributed by atoms with E-state index in [4.69, 9.17) is 20.8 Å². The Labute approximate surface area is 136 Å². The van der Waals surface area contributed by atoms with Crippen LogP contribution in [0.15, 0.2) is 40.8 Å². The van der Waals surface area contributed by atoms with E-state index >= 15 is 0 Å². The number of fused-ring (bicyclic) bond motifs is 1. The molecule has 0 aliphatic rings. The number of anilines is 1. The van der Waals surface area contributed by atoms with Gasteiger partial charge in [-0.25, -0.2) is 4.39 Å². The molecular formula is C17H13ClFNO3. The Kier molecular flexibility index (Phi) is 3.96. The van der Waals surface area contributed by atoms with Crippen LogP contribution in [-0.4, -0.2) is 13.0 Å². The van der Waals surface area contributed by atoms with Crippen molar-refractivity contribution in [2.75, 3.05) is 12.4 Å². The Morgan fingerprint density at radius 3 is 2.78 bits per heavy atom. The summed E-state index contributed by atoms with van der Waals surface area (Å²) < 4.78 is 24.4. The zero-order valence-electron chi connectivity index (χ0n) is 12.4. The molecule has 1 aromatic heterocycles. The number of nitrogens with one attached hydrogen (secondary N) is 1. The van der Waals surface area contributed by atoms with Crippen LogP contribution in [0.2, 0.25) is 5.02 Å². The first kappa shape index (κ1) is 15.4. The van der Waals surface area contributed by atoms with Gasteiger partial charge in [-0.05, 0) is 31.2 Å². The van der Waals surface area contributed by atoms with E-state index in [1.165, 1.54) is 13.2 Å². The first-order valence-electron chi connectivity index (χ1n) is 6.83. The second-order valence-corrected chi connectivity index (χ2v) is 5.41. The number of para-hydroxylation sites is 1. The zero-order valence-corrected chi connectivity index (χ0v) is 13.2. The van der Waals surface area contributed by atoms with Gasteiger partial charge in [0, 0.05) is 16.0 Å². The summed E-state index contributed by atoms with van der Waals surface area (Å²) >= 11 is 5.94. The van der Waals surface area contributed by atoms with E-state index in [1.807, 2.05) is 0 Å². The highest BCUT2D eigenvalue weighted by molar-refractivity contribution is 6.31. The molecule has 0 saturated heterocycles. The molecule has 0 aliphatic heterocycles. The molecule has 0 radical (unpaired) electrons. The number of aryl methyl sites for hydroxylation is 1. The highest BCUT2D eigenvalue weighted by Crippen LogP contribution is 2.31. The highest BCUT2D eigenvalue weighted by Gasteiger charge is 2.20. The van der Waals surface area contributed by atoms with Crippen LogP contribution in [-0.2, 0) is 0 Å². The van der Waals surface area contributed by atoms with Crippen LogP contribution in [0.1, 0.15) is 16.1 Å². The summed E-state index contributed by atoms with van der Waals surface area (Å²) in [5, 5.41) is 3.69. The van der Waals surface area contributed by atoms with E-state index in [-0.39, 0.29) is 11.3 Å². The third-order valence-corrected chi connectivity index (χ3v) is 3.77. The molecule has 1 heterocycles. The lowest BCUT2D eigenvalue weighted by Gasteiger charge is -2.09. The summed E-state index contributed by atoms with van der Waals surface area (Å²) in [7, 11) is 1.49. The van der Waals surface area contributed by atoms with Gasteiger partial charge in [0.15, 0.2) is 17.2 Å². The summed E-state index contributed by atoms with van der Waals surface area (Å²) in [6.07, 6.45) is 0. The van der Waals surface area contributed by atoms with Crippen molar-refractivity contribution in [3.8, 4) is 5.75 Å². The normalized spacial score (nSPS) is 10.8. The maximum atomic E-state index is 13.8. The second-order valence-electron chi connectivity index (χ2n) is 4.97. The molecule has 3 aromatic rings.